The lowest BCUT2D eigenvalue weighted by molar-refractivity contribution is 0.0594. The monoisotopic (exact) mass is 310 g/mol. The predicted octanol–water partition coefficient (Wildman–Crippen LogP) is 2.63. The molecule has 0 saturated heterocycles. The molecule has 0 aliphatic heterocycles. The van der Waals surface area contributed by atoms with E-state index in [-0.39, 0.29) is 0 Å². The number of hydrogen-bond acceptors (Lipinski definition) is 4. The molecule has 1 heterocycles. The van der Waals surface area contributed by atoms with E-state index in [1.165, 1.54) is 7.11 Å². The van der Waals surface area contributed by atoms with Crippen LogP contribution in [0.1, 0.15) is 10.5 Å². The molecule has 0 saturated carbocycles. The first-order chi connectivity index (χ1) is 8.65. The molecule has 94 valence electrons. The van der Waals surface area contributed by atoms with E-state index in [1.807, 2.05) is 18.2 Å². The van der Waals surface area contributed by atoms with E-state index in [0.717, 1.165) is 10.0 Å². The second kappa shape index (κ2) is 5.22. The van der Waals surface area contributed by atoms with Crippen molar-refractivity contribution < 1.29 is 14.3 Å². The van der Waals surface area contributed by atoms with Crippen LogP contribution in [0.2, 0.25) is 0 Å². The zero-order chi connectivity index (χ0) is 13.1. The van der Waals surface area contributed by atoms with Crippen LogP contribution in [0.3, 0.4) is 0 Å². The number of nitrogens with one attached hydrogen (secondary N) is 1. The molecule has 0 spiro atoms. The molecule has 5 nitrogen and oxygen atoms in total. The number of carbonyl (C=O) groups excluding carboxylic acids is 1. The van der Waals surface area contributed by atoms with Crippen LogP contribution in [0.15, 0.2) is 28.7 Å². The summed E-state index contributed by atoms with van der Waals surface area (Å²) in [6.45, 7) is 0. The number of hydrogen-bond donors (Lipinski definition) is 1. The van der Waals surface area contributed by atoms with Gasteiger partial charge in [0.05, 0.1) is 24.4 Å². The molecule has 0 radical (unpaired) electrons. The summed E-state index contributed by atoms with van der Waals surface area (Å²) in [6.07, 6.45) is 0. The Bertz CT molecular complexity index is 580. The largest absolute Gasteiger partial charge is 0.496 e. The molecule has 1 aromatic heterocycles. The fraction of sp³-hybridized carbons (Fsp3) is 0.167. The summed E-state index contributed by atoms with van der Waals surface area (Å²) in [5, 5.41) is 6.69. The van der Waals surface area contributed by atoms with Crippen molar-refractivity contribution in [1.29, 1.82) is 0 Å². The van der Waals surface area contributed by atoms with Gasteiger partial charge >= 0.3 is 5.97 Å². The van der Waals surface area contributed by atoms with E-state index in [1.54, 1.807) is 13.2 Å². The van der Waals surface area contributed by atoms with Crippen molar-refractivity contribution in [3.05, 3.63) is 34.4 Å². The fourth-order valence-electron chi connectivity index (χ4n) is 1.50. The Balaban J connectivity index is 2.37. The van der Waals surface area contributed by atoms with Crippen molar-refractivity contribution in [3.63, 3.8) is 0 Å². The maximum Gasteiger partial charge on any atom is 0.356 e. The van der Waals surface area contributed by atoms with Gasteiger partial charge in [-0.15, -0.1) is 0 Å². The third kappa shape index (κ3) is 2.38. The van der Waals surface area contributed by atoms with E-state index in [9.17, 15) is 4.79 Å². The van der Waals surface area contributed by atoms with Crippen molar-refractivity contribution >= 4 is 21.9 Å². The van der Waals surface area contributed by atoms with Gasteiger partial charge in [0.1, 0.15) is 11.4 Å². The van der Waals surface area contributed by atoms with Crippen LogP contribution in [0, 0.1) is 0 Å². The summed E-state index contributed by atoms with van der Waals surface area (Å²) in [7, 11) is 2.92. The second-order valence-corrected chi connectivity index (χ2v) is 4.36. The summed E-state index contributed by atoms with van der Waals surface area (Å²) >= 11 is 3.38. The Labute approximate surface area is 112 Å². The minimum absolute atomic E-state index is 0.314. The molecule has 2 rings (SSSR count). The molecule has 2 aromatic rings. The quantitative estimate of drug-likeness (QED) is 0.885. The highest BCUT2D eigenvalue weighted by Crippen LogP contribution is 2.30. The minimum atomic E-state index is -0.446. The number of ether oxygens (including phenoxy) is 2. The Hall–Kier alpha value is -1.82. The summed E-state index contributed by atoms with van der Waals surface area (Å²) in [5.41, 5.74) is 1.82. The predicted molar refractivity (Wildman–Crippen MR) is 69.6 cm³/mol. The second-order valence-electron chi connectivity index (χ2n) is 3.51. The number of nitrogens with zero attached hydrogens (tertiary/aromatic N) is 1. The highest BCUT2D eigenvalue weighted by molar-refractivity contribution is 9.10. The van der Waals surface area contributed by atoms with Gasteiger partial charge in [0.25, 0.3) is 0 Å². The Morgan fingerprint density at radius 2 is 2.11 bits per heavy atom. The van der Waals surface area contributed by atoms with Crippen molar-refractivity contribution in [2.45, 2.75) is 0 Å². The maximum absolute atomic E-state index is 11.3. The molecule has 0 fully saturated rings. The number of esters is 1. The van der Waals surface area contributed by atoms with Crippen molar-refractivity contribution in [3.8, 4) is 17.0 Å². The lowest BCUT2D eigenvalue weighted by Crippen LogP contribution is -2.00. The summed E-state index contributed by atoms with van der Waals surface area (Å²) < 4.78 is 10.7. The normalized spacial score (nSPS) is 10.2. The van der Waals surface area contributed by atoms with E-state index in [2.05, 4.69) is 30.9 Å². The van der Waals surface area contributed by atoms with Gasteiger partial charge in [-0.2, -0.15) is 5.10 Å². The lowest BCUT2D eigenvalue weighted by atomic mass is 10.1. The Morgan fingerprint density at radius 3 is 2.78 bits per heavy atom. The summed E-state index contributed by atoms with van der Waals surface area (Å²) in [5.74, 6) is 0.257. The Kier molecular flexibility index (Phi) is 3.66. The number of aromatic nitrogens is 2. The van der Waals surface area contributed by atoms with Gasteiger partial charge in [-0.05, 0) is 34.1 Å². The Morgan fingerprint density at radius 1 is 1.33 bits per heavy atom. The summed E-state index contributed by atoms with van der Waals surface area (Å²) in [4.78, 5) is 11.3. The first-order valence-electron chi connectivity index (χ1n) is 5.13. The maximum atomic E-state index is 11.3. The van der Waals surface area contributed by atoms with Gasteiger partial charge in [-0.1, -0.05) is 6.07 Å². The van der Waals surface area contributed by atoms with Crippen molar-refractivity contribution in [1.82, 2.24) is 10.2 Å². The van der Waals surface area contributed by atoms with Gasteiger partial charge in [0, 0.05) is 5.56 Å². The van der Waals surface area contributed by atoms with Gasteiger partial charge < -0.3 is 9.47 Å². The number of carbonyl (C=O) groups is 1. The zero-order valence-electron chi connectivity index (χ0n) is 9.86. The number of aromatic amines is 1. The third-order valence-corrected chi connectivity index (χ3v) is 3.09. The van der Waals surface area contributed by atoms with E-state index in [4.69, 9.17) is 4.74 Å². The number of methoxy groups -OCH3 is 2. The fourth-order valence-corrected chi connectivity index (χ4v) is 1.91. The molecule has 0 unspecified atom stereocenters. The average molecular weight is 311 g/mol. The van der Waals surface area contributed by atoms with Crippen LogP contribution in [-0.2, 0) is 4.74 Å². The SMILES string of the molecule is COC(=O)c1cc(-c2ccc(Br)c(OC)c2)n[nH]1. The van der Waals surface area contributed by atoms with Crippen LogP contribution in [0.25, 0.3) is 11.3 Å². The molecule has 0 bridgehead atoms. The van der Waals surface area contributed by atoms with Crippen LogP contribution in [0.4, 0.5) is 0 Å². The molecule has 0 atom stereocenters. The van der Waals surface area contributed by atoms with Gasteiger partial charge in [0.15, 0.2) is 0 Å². The highest BCUT2D eigenvalue weighted by Gasteiger charge is 2.12. The van der Waals surface area contributed by atoms with E-state index < -0.39 is 5.97 Å². The first kappa shape index (κ1) is 12.6. The van der Waals surface area contributed by atoms with E-state index in [0.29, 0.717) is 17.1 Å². The van der Waals surface area contributed by atoms with Gasteiger partial charge in [0.2, 0.25) is 0 Å². The number of rotatable bonds is 3. The molecular weight excluding hydrogens is 300 g/mol. The molecule has 0 aliphatic carbocycles. The van der Waals surface area contributed by atoms with Crippen LogP contribution in [-0.4, -0.2) is 30.4 Å². The first-order valence-corrected chi connectivity index (χ1v) is 5.92. The zero-order valence-corrected chi connectivity index (χ0v) is 11.4. The topological polar surface area (TPSA) is 64.2 Å². The molecule has 0 aliphatic rings. The molecule has 1 aromatic carbocycles. The lowest BCUT2D eigenvalue weighted by Gasteiger charge is -2.04. The van der Waals surface area contributed by atoms with Crippen LogP contribution < -0.4 is 4.74 Å². The smallest absolute Gasteiger partial charge is 0.356 e. The molecular formula is C12H11BrN2O3. The number of benzene rings is 1. The van der Waals surface area contributed by atoms with Crippen LogP contribution in [0.5, 0.6) is 5.75 Å². The average Bonchev–Trinajstić information content (AvgIpc) is 2.88. The van der Waals surface area contributed by atoms with Gasteiger partial charge in [-0.25, -0.2) is 4.79 Å². The van der Waals surface area contributed by atoms with E-state index >= 15 is 0 Å². The number of H-pyrrole nitrogens is 1. The van der Waals surface area contributed by atoms with Gasteiger partial charge in [-0.3, -0.25) is 5.10 Å². The third-order valence-electron chi connectivity index (χ3n) is 2.43. The van der Waals surface area contributed by atoms with Crippen LogP contribution >= 0.6 is 15.9 Å². The summed E-state index contributed by atoms with van der Waals surface area (Å²) in [6, 6.07) is 7.21. The molecule has 6 heteroatoms. The van der Waals surface area contributed by atoms with Crippen molar-refractivity contribution in [2.75, 3.05) is 14.2 Å². The molecule has 18 heavy (non-hydrogen) atoms. The standard InChI is InChI=1S/C12H11BrN2O3/c1-17-11-5-7(3-4-8(11)13)9-6-10(15-14-9)12(16)18-2/h3-6H,1-2H3,(H,14,15). The van der Waals surface area contributed by atoms with Crippen molar-refractivity contribution in [2.24, 2.45) is 0 Å². The highest BCUT2D eigenvalue weighted by atomic mass is 79.9. The minimum Gasteiger partial charge on any atom is -0.496 e. The number of halogens is 1. The molecule has 0 amide bonds. The molecule has 1 N–H and O–H groups in total.